The highest BCUT2D eigenvalue weighted by molar-refractivity contribution is 6.29. The summed E-state index contributed by atoms with van der Waals surface area (Å²) in [7, 11) is 0. The minimum absolute atomic E-state index is 0.812. The van der Waals surface area contributed by atoms with E-state index in [4.69, 9.17) is 11.6 Å². The minimum Gasteiger partial charge on any atom is -0.0895 e. The Morgan fingerprint density at radius 1 is 1.75 bits per heavy atom. The predicted molar refractivity (Wildman–Crippen MR) is 37.0 cm³/mol. The first-order valence-corrected chi connectivity index (χ1v) is 3.51. The minimum atomic E-state index is 0.812. The molecule has 8 heavy (non-hydrogen) atoms. The Morgan fingerprint density at radius 2 is 2.50 bits per heavy atom. The molecule has 0 nitrogen and oxygen atoms in total. The Labute approximate surface area is 55.5 Å². The number of rotatable bonds is 0. The van der Waals surface area contributed by atoms with Gasteiger partial charge in [0, 0.05) is 5.03 Å². The molecule has 1 aliphatic rings. The van der Waals surface area contributed by atoms with Gasteiger partial charge >= 0.3 is 0 Å². The molecule has 0 spiro atoms. The number of hydrogen-bond donors (Lipinski definition) is 0. The molecule has 0 aromatic carbocycles. The third-order valence-electron chi connectivity index (χ3n) is 1.57. The van der Waals surface area contributed by atoms with E-state index in [2.05, 4.69) is 13.0 Å². The van der Waals surface area contributed by atoms with Gasteiger partial charge in [-0.05, 0) is 25.2 Å². The summed E-state index contributed by atoms with van der Waals surface area (Å²) in [4.78, 5) is 0. The van der Waals surface area contributed by atoms with E-state index in [0.717, 1.165) is 17.4 Å². The van der Waals surface area contributed by atoms with Crippen molar-refractivity contribution in [2.45, 2.75) is 26.2 Å². The maximum atomic E-state index is 5.77. The second-order valence-electron chi connectivity index (χ2n) is 2.54. The molecular weight excluding hydrogens is 120 g/mol. The van der Waals surface area contributed by atoms with Gasteiger partial charge in [0.25, 0.3) is 0 Å². The topological polar surface area (TPSA) is 0 Å². The van der Waals surface area contributed by atoms with Crippen LogP contribution in [0.4, 0.5) is 0 Å². The zero-order chi connectivity index (χ0) is 5.98. The second-order valence-corrected chi connectivity index (χ2v) is 3.02. The molecule has 0 N–H and O–H groups in total. The van der Waals surface area contributed by atoms with Crippen LogP contribution in [0.1, 0.15) is 26.2 Å². The quantitative estimate of drug-likeness (QED) is 0.473. The lowest BCUT2D eigenvalue weighted by Crippen LogP contribution is -1.98. The van der Waals surface area contributed by atoms with Crippen molar-refractivity contribution in [1.29, 1.82) is 0 Å². The largest absolute Gasteiger partial charge is 0.0895 e. The highest BCUT2D eigenvalue weighted by Crippen LogP contribution is 2.25. The average Bonchev–Trinajstić information content (AvgIpc) is 1.64. The predicted octanol–water partition coefficient (Wildman–Crippen LogP) is 2.93. The summed E-state index contributed by atoms with van der Waals surface area (Å²) in [5.74, 6) is 0.812. The van der Waals surface area contributed by atoms with E-state index in [1.807, 2.05) is 0 Å². The highest BCUT2D eigenvalue weighted by Gasteiger charge is 2.07. The van der Waals surface area contributed by atoms with Gasteiger partial charge in [-0.15, -0.1) is 0 Å². The lowest BCUT2D eigenvalue weighted by atomic mass is 9.96. The molecule has 0 saturated carbocycles. The first-order valence-electron chi connectivity index (χ1n) is 3.13. The van der Waals surface area contributed by atoms with Crippen LogP contribution in [-0.2, 0) is 0 Å². The Bertz CT molecular complexity index is 105. The van der Waals surface area contributed by atoms with E-state index in [9.17, 15) is 0 Å². The molecule has 0 amide bonds. The van der Waals surface area contributed by atoms with E-state index < -0.39 is 0 Å². The van der Waals surface area contributed by atoms with E-state index >= 15 is 0 Å². The molecule has 46 valence electrons. The Balaban J connectivity index is 2.45. The molecule has 1 rings (SSSR count). The second kappa shape index (κ2) is 2.54. The normalized spacial score (nSPS) is 29.8. The van der Waals surface area contributed by atoms with Crippen LogP contribution in [-0.4, -0.2) is 0 Å². The molecule has 1 aliphatic carbocycles. The molecule has 1 unspecified atom stereocenters. The Kier molecular flexibility index (Phi) is 1.95. The van der Waals surface area contributed by atoms with Crippen molar-refractivity contribution in [3.63, 3.8) is 0 Å². The summed E-state index contributed by atoms with van der Waals surface area (Å²) >= 11 is 5.77. The number of allylic oxidation sites excluding steroid dienone is 2. The maximum Gasteiger partial charge on any atom is 0.0143 e. The summed E-state index contributed by atoms with van der Waals surface area (Å²) in [5, 5.41) is 1.06. The lowest BCUT2D eigenvalue weighted by Gasteiger charge is -2.13. The lowest BCUT2D eigenvalue weighted by molar-refractivity contribution is 0.521. The van der Waals surface area contributed by atoms with Crippen molar-refractivity contribution in [1.82, 2.24) is 0 Å². The van der Waals surface area contributed by atoms with Crippen LogP contribution in [0, 0.1) is 5.92 Å². The van der Waals surface area contributed by atoms with Gasteiger partial charge in [-0.2, -0.15) is 0 Å². The zero-order valence-corrected chi connectivity index (χ0v) is 5.91. The first kappa shape index (κ1) is 6.15. The fourth-order valence-electron chi connectivity index (χ4n) is 1.04. The van der Waals surface area contributed by atoms with Gasteiger partial charge in [-0.25, -0.2) is 0 Å². The van der Waals surface area contributed by atoms with Gasteiger partial charge in [0.1, 0.15) is 0 Å². The molecule has 0 aliphatic heterocycles. The van der Waals surface area contributed by atoms with Crippen LogP contribution in [0.25, 0.3) is 0 Å². The van der Waals surface area contributed by atoms with Crippen molar-refractivity contribution < 1.29 is 0 Å². The Hall–Kier alpha value is 0.0300. The van der Waals surface area contributed by atoms with E-state index in [-0.39, 0.29) is 0 Å². The fourth-order valence-corrected chi connectivity index (χ4v) is 1.42. The van der Waals surface area contributed by atoms with Crippen molar-refractivity contribution in [2.24, 2.45) is 5.92 Å². The zero-order valence-electron chi connectivity index (χ0n) is 5.15. The molecule has 0 fully saturated rings. The van der Waals surface area contributed by atoms with Crippen LogP contribution in [0.3, 0.4) is 0 Å². The summed E-state index contributed by atoms with van der Waals surface area (Å²) in [6, 6.07) is 0. The van der Waals surface area contributed by atoms with Gasteiger partial charge in [0.2, 0.25) is 0 Å². The smallest absolute Gasteiger partial charge is 0.0143 e. The van der Waals surface area contributed by atoms with Crippen LogP contribution in [0.5, 0.6) is 0 Å². The van der Waals surface area contributed by atoms with Crippen LogP contribution in [0.2, 0.25) is 0 Å². The van der Waals surface area contributed by atoms with Crippen LogP contribution < -0.4 is 0 Å². The summed E-state index contributed by atoms with van der Waals surface area (Å²) < 4.78 is 0. The standard InChI is InChI=1S/C7H11Cl/c1-6-3-2-4-7(8)5-6/h4,6H,2-3,5H2,1H3. The monoisotopic (exact) mass is 130 g/mol. The molecule has 0 radical (unpaired) electrons. The number of hydrogen-bond acceptors (Lipinski definition) is 0. The van der Waals surface area contributed by atoms with Crippen molar-refractivity contribution in [3.8, 4) is 0 Å². The van der Waals surface area contributed by atoms with E-state index in [1.54, 1.807) is 0 Å². The van der Waals surface area contributed by atoms with Gasteiger partial charge in [0.15, 0.2) is 0 Å². The van der Waals surface area contributed by atoms with Crippen LogP contribution in [0.15, 0.2) is 11.1 Å². The molecular formula is C7H11Cl. The van der Waals surface area contributed by atoms with Crippen LogP contribution >= 0.6 is 11.6 Å². The molecule has 1 atom stereocenters. The molecule has 0 saturated heterocycles. The molecule has 0 aromatic heterocycles. The first-order chi connectivity index (χ1) is 3.79. The summed E-state index contributed by atoms with van der Waals surface area (Å²) in [6.07, 6.45) is 5.72. The Morgan fingerprint density at radius 3 is 2.88 bits per heavy atom. The van der Waals surface area contributed by atoms with Crippen molar-refractivity contribution in [2.75, 3.05) is 0 Å². The molecule has 0 heterocycles. The average molecular weight is 131 g/mol. The SMILES string of the molecule is CC1CCC=C(Cl)C1. The highest BCUT2D eigenvalue weighted by atomic mass is 35.5. The van der Waals surface area contributed by atoms with E-state index in [1.165, 1.54) is 12.8 Å². The third-order valence-corrected chi connectivity index (χ3v) is 1.88. The van der Waals surface area contributed by atoms with E-state index in [0.29, 0.717) is 0 Å². The van der Waals surface area contributed by atoms with Gasteiger partial charge in [-0.3, -0.25) is 0 Å². The third kappa shape index (κ3) is 1.52. The maximum absolute atomic E-state index is 5.77. The summed E-state index contributed by atoms with van der Waals surface area (Å²) in [6.45, 7) is 2.25. The molecule has 0 bridgehead atoms. The fraction of sp³-hybridized carbons (Fsp3) is 0.714. The summed E-state index contributed by atoms with van der Waals surface area (Å²) in [5.41, 5.74) is 0. The van der Waals surface area contributed by atoms with Crippen molar-refractivity contribution >= 4 is 11.6 Å². The number of halogens is 1. The van der Waals surface area contributed by atoms with Gasteiger partial charge in [-0.1, -0.05) is 24.6 Å². The van der Waals surface area contributed by atoms with Gasteiger partial charge in [0.05, 0.1) is 0 Å². The van der Waals surface area contributed by atoms with Gasteiger partial charge < -0.3 is 0 Å². The molecule has 0 aromatic rings. The van der Waals surface area contributed by atoms with Crippen molar-refractivity contribution in [3.05, 3.63) is 11.1 Å². The molecule has 1 heteroatoms.